The Morgan fingerprint density at radius 2 is 1.88 bits per heavy atom. The molecule has 3 rings (SSSR count). The quantitative estimate of drug-likeness (QED) is 0.693. The zero-order valence-corrected chi connectivity index (χ0v) is 15.9. The summed E-state index contributed by atoms with van der Waals surface area (Å²) in [5.74, 6) is 0.0616. The first kappa shape index (κ1) is 18.5. The highest BCUT2D eigenvalue weighted by atomic mass is 79.9. The van der Waals surface area contributed by atoms with E-state index in [1.807, 2.05) is 12.1 Å². The van der Waals surface area contributed by atoms with E-state index in [4.69, 9.17) is 10.5 Å². The third kappa shape index (κ3) is 4.85. The topological polar surface area (TPSA) is 81.4 Å². The summed E-state index contributed by atoms with van der Waals surface area (Å²) in [6, 6.07) is 15.2. The number of hydrogen-bond donors (Lipinski definition) is 2. The molecule has 3 N–H and O–H groups in total. The van der Waals surface area contributed by atoms with Gasteiger partial charge in [-0.25, -0.2) is 0 Å². The monoisotopic (exact) mass is 416 g/mol. The fourth-order valence-electron chi connectivity index (χ4n) is 2.91. The van der Waals surface area contributed by atoms with Gasteiger partial charge in [-0.05, 0) is 48.2 Å². The summed E-state index contributed by atoms with van der Waals surface area (Å²) < 4.78 is 6.55. The summed E-state index contributed by atoms with van der Waals surface area (Å²) in [4.78, 5) is 23.0. The molecule has 26 heavy (non-hydrogen) atoms. The van der Waals surface area contributed by atoms with Crippen molar-refractivity contribution in [3.63, 3.8) is 0 Å². The van der Waals surface area contributed by atoms with Gasteiger partial charge < -0.3 is 15.8 Å². The van der Waals surface area contributed by atoms with Crippen LogP contribution in [0, 0.1) is 0 Å². The number of halogens is 1. The van der Waals surface area contributed by atoms with Crippen molar-refractivity contribution < 1.29 is 14.3 Å². The summed E-state index contributed by atoms with van der Waals surface area (Å²) >= 11 is 3.50. The number of ether oxygens (including phenoxy) is 1. The Labute approximate surface area is 161 Å². The lowest BCUT2D eigenvalue weighted by atomic mass is 9.96. The van der Waals surface area contributed by atoms with Crippen molar-refractivity contribution in [3.05, 3.63) is 64.1 Å². The normalized spacial score (nSPS) is 14.5. The molecule has 2 amide bonds. The molecule has 0 bridgehead atoms. The zero-order valence-electron chi connectivity index (χ0n) is 14.3. The predicted molar refractivity (Wildman–Crippen MR) is 103 cm³/mol. The molecule has 0 spiro atoms. The predicted octanol–water partition coefficient (Wildman–Crippen LogP) is 2.70. The minimum absolute atomic E-state index is 0.0380. The zero-order chi connectivity index (χ0) is 18.6. The summed E-state index contributed by atoms with van der Waals surface area (Å²) in [5, 5.41) is 2.97. The maximum Gasteiger partial charge on any atom is 0.257 e. The van der Waals surface area contributed by atoms with Crippen LogP contribution in [-0.2, 0) is 21.4 Å². The molecule has 5 nitrogen and oxygen atoms in total. The SMILES string of the molecule is NC(=O)Cc1ccc(OCC(=O)NCC2(c3cccc(Br)c3)CC2)cc1. The van der Waals surface area contributed by atoms with Crippen LogP contribution in [0.4, 0.5) is 0 Å². The van der Waals surface area contributed by atoms with Gasteiger partial charge in [0.1, 0.15) is 5.75 Å². The van der Waals surface area contributed by atoms with Gasteiger partial charge in [-0.3, -0.25) is 9.59 Å². The molecule has 1 aliphatic carbocycles. The van der Waals surface area contributed by atoms with Crippen molar-refractivity contribution in [2.45, 2.75) is 24.7 Å². The van der Waals surface area contributed by atoms with Crippen LogP contribution in [-0.4, -0.2) is 25.0 Å². The third-order valence-electron chi connectivity index (χ3n) is 4.59. The molecule has 1 aliphatic rings. The van der Waals surface area contributed by atoms with E-state index >= 15 is 0 Å². The second-order valence-electron chi connectivity index (χ2n) is 6.64. The molecule has 2 aromatic rings. The fraction of sp³-hybridized carbons (Fsp3) is 0.300. The molecule has 0 atom stereocenters. The first-order valence-electron chi connectivity index (χ1n) is 8.50. The molecule has 1 fully saturated rings. The van der Waals surface area contributed by atoms with E-state index in [0.29, 0.717) is 12.3 Å². The summed E-state index contributed by atoms with van der Waals surface area (Å²) in [6.07, 6.45) is 2.34. The number of nitrogens with two attached hydrogens (primary N) is 1. The van der Waals surface area contributed by atoms with Crippen LogP contribution in [0.1, 0.15) is 24.0 Å². The van der Waals surface area contributed by atoms with E-state index in [0.717, 1.165) is 22.9 Å². The molecule has 1 saturated carbocycles. The second-order valence-corrected chi connectivity index (χ2v) is 7.56. The van der Waals surface area contributed by atoms with E-state index in [-0.39, 0.29) is 30.3 Å². The maximum atomic E-state index is 12.1. The summed E-state index contributed by atoms with van der Waals surface area (Å²) in [5.41, 5.74) is 7.28. The number of nitrogens with one attached hydrogen (secondary N) is 1. The molecular weight excluding hydrogens is 396 g/mol. The number of carbonyl (C=O) groups excluding carboxylic acids is 2. The van der Waals surface area contributed by atoms with Crippen LogP contribution in [0.15, 0.2) is 53.0 Å². The molecule has 6 heteroatoms. The fourth-order valence-corrected chi connectivity index (χ4v) is 3.31. The molecule has 2 aromatic carbocycles. The van der Waals surface area contributed by atoms with Gasteiger partial charge in [-0.1, -0.05) is 40.2 Å². The minimum Gasteiger partial charge on any atom is -0.484 e. The molecule has 0 saturated heterocycles. The van der Waals surface area contributed by atoms with Crippen molar-refractivity contribution >= 4 is 27.7 Å². The first-order valence-corrected chi connectivity index (χ1v) is 9.29. The van der Waals surface area contributed by atoms with Gasteiger partial charge in [0.25, 0.3) is 5.91 Å². The Hall–Kier alpha value is -2.34. The highest BCUT2D eigenvalue weighted by molar-refractivity contribution is 9.10. The lowest BCUT2D eigenvalue weighted by Crippen LogP contribution is -2.35. The van der Waals surface area contributed by atoms with E-state index in [2.05, 4.69) is 33.4 Å². The van der Waals surface area contributed by atoms with E-state index in [1.54, 1.807) is 24.3 Å². The van der Waals surface area contributed by atoms with Crippen LogP contribution in [0.25, 0.3) is 0 Å². The van der Waals surface area contributed by atoms with Gasteiger partial charge in [0.2, 0.25) is 5.91 Å². The summed E-state index contributed by atoms with van der Waals surface area (Å²) in [6.45, 7) is 0.576. The number of carbonyl (C=O) groups is 2. The average Bonchev–Trinajstić information content (AvgIpc) is 3.40. The third-order valence-corrected chi connectivity index (χ3v) is 5.08. The second kappa shape index (κ2) is 7.91. The minimum atomic E-state index is -0.377. The molecule has 0 radical (unpaired) electrons. The van der Waals surface area contributed by atoms with Gasteiger partial charge >= 0.3 is 0 Å². The lowest BCUT2D eigenvalue weighted by Gasteiger charge is -2.17. The molecule has 136 valence electrons. The Morgan fingerprint density at radius 3 is 2.50 bits per heavy atom. The Kier molecular flexibility index (Phi) is 5.61. The van der Waals surface area contributed by atoms with Crippen LogP contribution < -0.4 is 15.8 Å². The van der Waals surface area contributed by atoms with Crippen molar-refractivity contribution in [2.24, 2.45) is 5.73 Å². The molecule has 0 heterocycles. The van der Waals surface area contributed by atoms with Gasteiger partial charge in [-0.15, -0.1) is 0 Å². The highest BCUT2D eigenvalue weighted by Gasteiger charge is 2.44. The van der Waals surface area contributed by atoms with Crippen LogP contribution in [0.3, 0.4) is 0 Å². The molecule has 0 unspecified atom stereocenters. The molecular formula is C20H21BrN2O3. The smallest absolute Gasteiger partial charge is 0.257 e. The first-order chi connectivity index (χ1) is 12.5. The highest BCUT2D eigenvalue weighted by Crippen LogP contribution is 2.48. The maximum absolute atomic E-state index is 12.1. The van der Waals surface area contributed by atoms with Crippen molar-refractivity contribution in [1.29, 1.82) is 0 Å². The van der Waals surface area contributed by atoms with Gasteiger partial charge in [0, 0.05) is 16.4 Å². The molecule has 0 aromatic heterocycles. The van der Waals surface area contributed by atoms with Crippen LogP contribution in [0.2, 0.25) is 0 Å². The average molecular weight is 417 g/mol. The number of hydrogen-bond acceptors (Lipinski definition) is 3. The van der Waals surface area contributed by atoms with E-state index in [1.165, 1.54) is 5.56 Å². The van der Waals surface area contributed by atoms with Crippen LogP contribution in [0.5, 0.6) is 5.75 Å². The Morgan fingerprint density at radius 1 is 1.15 bits per heavy atom. The largest absolute Gasteiger partial charge is 0.484 e. The van der Waals surface area contributed by atoms with Crippen molar-refractivity contribution in [3.8, 4) is 5.75 Å². The van der Waals surface area contributed by atoms with Gasteiger partial charge in [-0.2, -0.15) is 0 Å². The Bertz CT molecular complexity index is 801. The standard InChI is InChI=1S/C20H21BrN2O3/c21-16-3-1-2-15(11-16)20(8-9-20)13-23-19(25)12-26-17-6-4-14(5-7-17)10-18(22)24/h1-7,11H,8-10,12-13H2,(H2,22,24)(H,23,25). The summed E-state index contributed by atoms with van der Waals surface area (Å²) in [7, 11) is 0. The Balaban J connectivity index is 1.47. The lowest BCUT2D eigenvalue weighted by molar-refractivity contribution is -0.123. The van der Waals surface area contributed by atoms with Gasteiger partial charge in [0.05, 0.1) is 6.42 Å². The van der Waals surface area contributed by atoms with Gasteiger partial charge in [0.15, 0.2) is 6.61 Å². The van der Waals surface area contributed by atoms with Crippen molar-refractivity contribution in [1.82, 2.24) is 5.32 Å². The van der Waals surface area contributed by atoms with Crippen LogP contribution >= 0.6 is 15.9 Å². The number of amides is 2. The number of benzene rings is 2. The number of rotatable bonds is 8. The number of primary amides is 1. The van der Waals surface area contributed by atoms with Crippen molar-refractivity contribution in [2.75, 3.05) is 13.2 Å². The van der Waals surface area contributed by atoms with E-state index < -0.39 is 0 Å². The van der Waals surface area contributed by atoms with E-state index in [9.17, 15) is 9.59 Å². The molecule has 0 aliphatic heterocycles.